The van der Waals surface area contributed by atoms with E-state index in [1.54, 1.807) is 35.4 Å². The van der Waals surface area contributed by atoms with E-state index in [-0.39, 0.29) is 127 Å². The summed E-state index contributed by atoms with van der Waals surface area (Å²) >= 11 is 0. The topological polar surface area (TPSA) is 487 Å². The fourth-order valence-corrected chi connectivity index (χ4v) is 12.1. The van der Waals surface area contributed by atoms with Crippen molar-refractivity contribution >= 4 is 82.9 Å². The van der Waals surface area contributed by atoms with Gasteiger partial charge in [0.15, 0.2) is 0 Å². The molecule has 9 N–H and O–H groups in total. The number of aryl methyl sites for hydroxylation is 4. The molecule has 0 heterocycles. The zero-order chi connectivity index (χ0) is 98.2. The van der Waals surface area contributed by atoms with Crippen molar-refractivity contribution in [1.29, 1.82) is 0 Å². The monoisotopic (exact) mass is 1940 g/mol. The zero-order valence-electron chi connectivity index (χ0n) is 81.3. The van der Waals surface area contributed by atoms with Crippen molar-refractivity contribution in [2.45, 2.75) is 219 Å². The fraction of sp³-hybridized carbons (Fsp3) is 0.636. The van der Waals surface area contributed by atoms with Crippen LogP contribution in [0.4, 0.5) is 0 Å². The first kappa shape index (κ1) is 131. The average Bonchev–Trinajstić information content (AvgIpc) is 1.64. The summed E-state index contributed by atoms with van der Waals surface area (Å²) in [6.45, 7) is 15.3. The minimum Gasteiger partial charge on any atom is -0.553 e. The maximum atomic E-state index is 12.7. The van der Waals surface area contributed by atoms with Gasteiger partial charge in [-0.2, -0.15) is 11.0 Å². The molecular formula is C99H156ClN6NaO28. The molecule has 2 amide bonds. The van der Waals surface area contributed by atoms with Crippen LogP contribution in [0.3, 0.4) is 0 Å². The van der Waals surface area contributed by atoms with Gasteiger partial charge in [0.05, 0.1) is 143 Å². The molecule has 0 aliphatic heterocycles. The number of hydrogen-bond donors (Lipinski definition) is 6. The normalized spacial score (nSPS) is 11.8. The smallest absolute Gasteiger partial charge is 0.553 e. The van der Waals surface area contributed by atoms with Crippen LogP contribution in [0, 0.1) is 10.8 Å². The van der Waals surface area contributed by atoms with Crippen LogP contribution in [0.25, 0.3) is 5.90 Å². The molecule has 0 atom stereocenters. The number of aliphatic imine (C=N–C) groups is 1. The SMILES string of the molecule is CC(=O)CCN=C=O.COCCOCCOCCCC(=O)CCCC(=O)CCC1(C(=O)ONC(=O)Cc2ccc(CCCCc3ccccc3)cc2)CC1.COCCOCCOCCCC(=O)CCCC(=O)O.COCCOCCOCCCC(=O)CCCC(C)=O.COCCOCCOCCN.Cl.NCC1(C(=O)ONC(=O)Cc2ccc(CCCCc3ccccc3)cc2)CC1.[NH-]O.[Na+]. The Labute approximate surface area is 828 Å². The minimum absolute atomic E-state index is 0. The third-order valence-corrected chi connectivity index (χ3v) is 20.3. The van der Waals surface area contributed by atoms with Crippen LogP contribution in [0.1, 0.15) is 214 Å². The molecule has 2 fully saturated rings. The van der Waals surface area contributed by atoms with Crippen molar-refractivity contribution in [2.24, 2.45) is 27.3 Å². The number of ketones is 6. The molecule has 0 saturated heterocycles. The number of carbonyl (C=O) groups excluding carboxylic acids is 11. The Morgan fingerprint density at radius 1 is 0.363 bits per heavy atom. The van der Waals surface area contributed by atoms with Crippen molar-refractivity contribution < 1.29 is 164 Å². The van der Waals surface area contributed by atoms with Gasteiger partial charge >= 0.3 is 47.5 Å². The molecule has 6 rings (SSSR count). The van der Waals surface area contributed by atoms with Crippen LogP contribution in [-0.4, -0.2) is 261 Å². The third kappa shape index (κ3) is 80.9. The summed E-state index contributed by atoms with van der Waals surface area (Å²) in [6.07, 6.45) is 21.2. The van der Waals surface area contributed by atoms with Crippen molar-refractivity contribution in [3.05, 3.63) is 148 Å². The number of carboxylic acids is 1. The molecule has 2 aliphatic rings. The predicted molar refractivity (Wildman–Crippen MR) is 509 cm³/mol. The number of halogens is 1. The van der Waals surface area contributed by atoms with Crippen molar-refractivity contribution in [1.82, 2.24) is 11.0 Å². The number of nitrogens with one attached hydrogen (secondary N) is 3. The van der Waals surface area contributed by atoms with Gasteiger partial charge in [0.2, 0.25) is 6.08 Å². The van der Waals surface area contributed by atoms with E-state index < -0.39 is 28.7 Å². The van der Waals surface area contributed by atoms with Crippen LogP contribution in [0.5, 0.6) is 0 Å². The summed E-state index contributed by atoms with van der Waals surface area (Å²) in [5.41, 5.74) is 21.0. The second-order valence-corrected chi connectivity index (χ2v) is 31.7. The number of unbranched alkanes of at least 4 members (excludes halogenated alkanes) is 2. The molecule has 2 saturated carbocycles. The second-order valence-electron chi connectivity index (χ2n) is 31.7. The van der Waals surface area contributed by atoms with E-state index in [1.807, 2.05) is 48.5 Å². The van der Waals surface area contributed by atoms with Crippen molar-refractivity contribution in [3.63, 3.8) is 0 Å². The molecule has 0 spiro atoms. The Morgan fingerprint density at radius 2 is 0.644 bits per heavy atom. The predicted octanol–water partition coefficient (Wildman–Crippen LogP) is 9.63. The van der Waals surface area contributed by atoms with Gasteiger partial charge in [-0.1, -0.05) is 109 Å². The van der Waals surface area contributed by atoms with Gasteiger partial charge in [-0.15, -0.1) is 12.4 Å². The molecule has 36 heteroatoms. The first-order valence-corrected chi connectivity index (χ1v) is 46.3. The van der Waals surface area contributed by atoms with Gasteiger partial charge in [0.25, 0.3) is 11.8 Å². The van der Waals surface area contributed by atoms with Crippen LogP contribution >= 0.6 is 12.4 Å². The number of hydroxylamine groups is 2. The zero-order valence-corrected chi connectivity index (χ0v) is 84.1. The third-order valence-electron chi connectivity index (χ3n) is 20.3. The largest absolute Gasteiger partial charge is 1.00 e. The maximum absolute atomic E-state index is 12.7. The average molecular weight is 1940 g/mol. The van der Waals surface area contributed by atoms with Crippen molar-refractivity contribution in [2.75, 3.05) is 180 Å². The van der Waals surface area contributed by atoms with Gasteiger partial charge < -0.3 is 99.0 Å². The van der Waals surface area contributed by atoms with Gasteiger partial charge in [-0.05, 0) is 169 Å². The van der Waals surface area contributed by atoms with Crippen LogP contribution in [0.15, 0.2) is 114 Å². The quantitative estimate of drug-likeness (QED) is 0.00787. The number of carboxylic acid groups (broad SMARTS) is 1. The molecule has 135 heavy (non-hydrogen) atoms. The summed E-state index contributed by atoms with van der Waals surface area (Å²) < 4.78 is 61.4. The van der Waals surface area contributed by atoms with E-state index in [2.05, 4.69) is 76.6 Å². The number of nitrogens with zero attached hydrogens (tertiary/aromatic N) is 1. The van der Waals surface area contributed by atoms with Crippen LogP contribution in [-0.2, 0) is 163 Å². The number of ether oxygens (including phenoxy) is 12. The van der Waals surface area contributed by atoms with E-state index in [4.69, 9.17) is 94.2 Å². The van der Waals surface area contributed by atoms with E-state index in [0.29, 0.717) is 248 Å². The minimum atomic E-state index is -0.857. The van der Waals surface area contributed by atoms with E-state index >= 15 is 0 Å². The molecular weight excluding hydrogens is 1780 g/mol. The van der Waals surface area contributed by atoms with Gasteiger partial charge in [-0.25, -0.2) is 19.4 Å². The second kappa shape index (κ2) is 92.6. The van der Waals surface area contributed by atoms with Crippen LogP contribution in [0.2, 0.25) is 0 Å². The number of nitrogens with two attached hydrogens (primary N) is 2. The number of Topliss-reactive ketones (excluding diaryl/α,β-unsaturated/α-hetero) is 6. The number of amides is 2. The molecule has 0 aromatic heterocycles. The number of isocyanates is 1. The Morgan fingerprint density at radius 3 is 0.948 bits per heavy atom. The first-order valence-electron chi connectivity index (χ1n) is 46.3. The standard InChI is InChI=1S/C37H51NO8.C23H28N2O3.C14H26O5.C13H24O6.C7H17NO3.C5H7NO2.ClH.H2NO.Na/c1-43-25-26-45-28-27-44-24-8-15-33(39)13-7-14-34(40)20-21-37(22-23-37)36(42)46-38-35(41)29-32-18-16-31(17-19-32)12-6-5-11-30-9-3-2-4-10-30;24-17-23(14-15-23)22(27)28-25-21(26)16-20-12-10-19(11-13-20)9-5-4-8-18-6-2-1-3-7-18;1-13(15)5-3-6-14(16)7-4-8-18-11-12-19-10-9-17-2;1-17-8-9-19-11-10-18-7-3-5-12(14)4-2-6-13(15)16;1-9-4-5-11-7-6-10-3-2-8;1-5(8)2-3-6-4-7;;1-2;/h2-4,9-10,16-19H,5-8,11-15,20-29H2,1H3,(H,38,41);1-3,6-7,10-13H,4-5,8-9,14-17,24H2,(H,25,26);3-12H2,1-2H3;2-11H2,1H3,(H,15,16);2-8H2,1H3;2-3H2,1H3;1H;1-2H;/q;;;;;;;-1;+1. The Hall–Kier alpha value is -7.72. The summed E-state index contributed by atoms with van der Waals surface area (Å²) in [4.78, 5) is 150. The van der Waals surface area contributed by atoms with Crippen LogP contribution < -0.4 is 52.0 Å². The number of carbonyl (C=O) groups is 11. The van der Waals surface area contributed by atoms with E-state index in [9.17, 15) is 57.5 Å². The summed E-state index contributed by atoms with van der Waals surface area (Å²) in [5.74, 6) is 2.90. The molecule has 758 valence electrons. The van der Waals surface area contributed by atoms with E-state index in [1.165, 1.54) is 35.3 Å². The Balaban J connectivity index is -0.00000168. The molecule has 0 bridgehead atoms. The summed E-state index contributed by atoms with van der Waals surface area (Å²) in [7, 11) is 6.52. The number of rotatable bonds is 73. The molecule has 34 nitrogen and oxygen atoms in total. The number of hydrogen-bond acceptors (Lipinski definition) is 30. The maximum Gasteiger partial charge on any atom is 1.00 e. The first-order chi connectivity index (χ1) is 64.5. The molecule has 0 radical (unpaired) electrons. The number of methoxy groups -OCH3 is 4. The number of benzene rings is 4. The Kier molecular flexibility index (Phi) is 90.2. The van der Waals surface area contributed by atoms with Gasteiger partial charge in [-0.3, -0.25) is 38.4 Å². The summed E-state index contributed by atoms with van der Waals surface area (Å²) in [6, 6.07) is 37.0. The summed E-state index contributed by atoms with van der Waals surface area (Å²) in [5, 5.41) is 14.7. The van der Waals surface area contributed by atoms with Crippen molar-refractivity contribution in [3.8, 4) is 0 Å². The molecule has 4 aromatic rings. The van der Waals surface area contributed by atoms with Gasteiger partial charge in [0, 0.05) is 132 Å². The fourth-order valence-electron chi connectivity index (χ4n) is 12.1. The van der Waals surface area contributed by atoms with E-state index in [0.717, 1.165) is 81.8 Å². The molecule has 4 aromatic carbocycles. The van der Waals surface area contributed by atoms with Gasteiger partial charge in [0.1, 0.15) is 34.7 Å². The molecule has 2 aliphatic carbocycles. The molecule has 0 unspecified atom stereocenters. The Bertz CT molecular complexity index is 3660. The number of aliphatic carboxylic acids is 1.